The Balaban J connectivity index is 1.70. The van der Waals surface area contributed by atoms with Gasteiger partial charge in [-0.2, -0.15) is 0 Å². The molecule has 0 atom stereocenters. The number of aromatic amines is 1. The van der Waals surface area contributed by atoms with Crippen molar-refractivity contribution in [1.82, 2.24) is 15.3 Å². The van der Waals surface area contributed by atoms with Crippen molar-refractivity contribution < 1.29 is 4.79 Å². The normalized spacial score (nSPS) is 16.0. The molecule has 0 radical (unpaired) electrons. The largest absolute Gasteiger partial charge is 0.399 e. The van der Waals surface area contributed by atoms with Gasteiger partial charge in [0.2, 0.25) is 5.91 Å². The Kier molecular flexibility index (Phi) is 2.74. The molecule has 0 spiro atoms. The lowest BCUT2D eigenvalue weighted by molar-refractivity contribution is -0.123. The Labute approximate surface area is 111 Å². The highest BCUT2D eigenvalue weighted by Gasteiger charge is 2.51. The molecule has 3 rings (SSSR count). The zero-order valence-electron chi connectivity index (χ0n) is 10.5. The number of hydrogen-bond acceptors (Lipinski definition) is 3. The van der Waals surface area contributed by atoms with E-state index >= 15 is 0 Å². The van der Waals surface area contributed by atoms with E-state index in [2.05, 4.69) is 15.3 Å². The number of nitrogens with two attached hydrogens (primary N) is 1. The third-order valence-electron chi connectivity index (χ3n) is 3.62. The number of carbonyl (C=O) groups excluding carboxylic acids is 1. The first-order valence-corrected chi connectivity index (χ1v) is 6.33. The average molecular weight is 256 g/mol. The summed E-state index contributed by atoms with van der Waals surface area (Å²) in [4.78, 5) is 19.4. The molecule has 1 heterocycles. The maximum Gasteiger partial charge on any atom is 0.231 e. The molecule has 98 valence electrons. The van der Waals surface area contributed by atoms with E-state index in [0.717, 1.165) is 29.9 Å². The van der Waals surface area contributed by atoms with Crippen molar-refractivity contribution in [3.05, 3.63) is 48.0 Å². The summed E-state index contributed by atoms with van der Waals surface area (Å²) >= 11 is 0. The van der Waals surface area contributed by atoms with E-state index < -0.39 is 0 Å². The molecule has 0 unspecified atom stereocenters. The first kappa shape index (κ1) is 11.8. The van der Waals surface area contributed by atoms with Gasteiger partial charge in [-0.3, -0.25) is 4.79 Å². The van der Waals surface area contributed by atoms with Crippen molar-refractivity contribution in [3.8, 4) is 0 Å². The highest BCUT2D eigenvalue weighted by atomic mass is 16.2. The number of nitrogen functional groups attached to an aromatic ring is 1. The first-order chi connectivity index (χ1) is 9.21. The third-order valence-corrected chi connectivity index (χ3v) is 3.62. The van der Waals surface area contributed by atoms with Gasteiger partial charge in [0, 0.05) is 18.1 Å². The van der Waals surface area contributed by atoms with Crippen molar-refractivity contribution >= 4 is 11.6 Å². The van der Waals surface area contributed by atoms with Gasteiger partial charge in [0.15, 0.2) is 0 Å². The molecular weight excluding hydrogens is 240 g/mol. The van der Waals surface area contributed by atoms with Crippen LogP contribution >= 0.6 is 0 Å². The topological polar surface area (TPSA) is 83.8 Å². The molecule has 1 aromatic carbocycles. The second-order valence-electron chi connectivity index (χ2n) is 4.92. The average Bonchev–Trinajstić information content (AvgIpc) is 3.07. The van der Waals surface area contributed by atoms with Gasteiger partial charge in [-0.25, -0.2) is 4.98 Å². The van der Waals surface area contributed by atoms with Gasteiger partial charge in [0.1, 0.15) is 5.82 Å². The number of carbonyl (C=O) groups is 1. The summed E-state index contributed by atoms with van der Waals surface area (Å²) in [7, 11) is 0. The molecule has 4 N–H and O–H groups in total. The SMILES string of the molecule is Nc1ccc(C2(C(=O)NCc3ncc[nH]3)CC2)cc1. The van der Waals surface area contributed by atoms with Crippen LogP contribution in [0, 0.1) is 0 Å². The number of benzene rings is 1. The minimum atomic E-state index is -0.361. The molecule has 0 saturated heterocycles. The fourth-order valence-corrected chi connectivity index (χ4v) is 2.30. The predicted octanol–water partition coefficient (Wildman–Crippen LogP) is 1.34. The van der Waals surface area contributed by atoms with Crippen LogP contribution in [0.5, 0.6) is 0 Å². The minimum Gasteiger partial charge on any atom is -0.399 e. The third kappa shape index (κ3) is 2.19. The van der Waals surface area contributed by atoms with E-state index in [1.54, 1.807) is 12.4 Å². The van der Waals surface area contributed by atoms with Crippen LogP contribution in [0.4, 0.5) is 5.69 Å². The lowest BCUT2D eigenvalue weighted by Gasteiger charge is -2.15. The Bertz CT molecular complexity index is 570. The van der Waals surface area contributed by atoms with Crippen LogP contribution in [0.2, 0.25) is 0 Å². The second kappa shape index (κ2) is 4.42. The number of nitrogens with one attached hydrogen (secondary N) is 2. The van der Waals surface area contributed by atoms with Crippen LogP contribution in [0.1, 0.15) is 24.2 Å². The van der Waals surface area contributed by atoms with Crippen molar-refractivity contribution in [2.24, 2.45) is 0 Å². The number of hydrogen-bond donors (Lipinski definition) is 3. The predicted molar refractivity (Wildman–Crippen MR) is 72.2 cm³/mol. The monoisotopic (exact) mass is 256 g/mol. The molecule has 1 amide bonds. The van der Waals surface area contributed by atoms with Crippen molar-refractivity contribution in [1.29, 1.82) is 0 Å². The summed E-state index contributed by atoms with van der Waals surface area (Å²) in [5, 5.41) is 2.94. The Morgan fingerprint density at radius 3 is 2.68 bits per heavy atom. The summed E-state index contributed by atoms with van der Waals surface area (Å²) in [6.07, 6.45) is 5.20. The summed E-state index contributed by atoms with van der Waals surface area (Å²) in [5.41, 5.74) is 7.07. The summed E-state index contributed by atoms with van der Waals surface area (Å²) in [6, 6.07) is 7.56. The molecule has 0 bridgehead atoms. The van der Waals surface area contributed by atoms with E-state index in [9.17, 15) is 4.79 Å². The Hall–Kier alpha value is -2.30. The summed E-state index contributed by atoms with van der Waals surface area (Å²) in [5.74, 6) is 0.829. The highest BCUT2D eigenvalue weighted by Crippen LogP contribution is 2.48. The Morgan fingerprint density at radius 1 is 1.37 bits per heavy atom. The lowest BCUT2D eigenvalue weighted by Crippen LogP contribution is -2.34. The van der Waals surface area contributed by atoms with Gasteiger partial charge >= 0.3 is 0 Å². The zero-order chi connectivity index (χ0) is 13.3. The molecule has 1 fully saturated rings. The molecule has 1 aromatic heterocycles. The number of imidazole rings is 1. The maximum atomic E-state index is 12.3. The van der Waals surface area contributed by atoms with Crippen LogP contribution in [0.15, 0.2) is 36.7 Å². The van der Waals surface area contributed by atoms with Gasteiger partial charge in [0.05, 0.1) is 12.0 Å². The fraction of sp³-hybridized carbons (Fsp3) is 0.286. The van der Waals surface area contributed by atoms with E-state index in [4.69, 9.17) is 5.73 Å². The van der Waals surface area contributed by atoms with Crippen LogP contribution < -0.4 is 11.1 Å². The number of amides is 1. The molecule has 1 saturated carbocycles. The van der Waals surface area contributed by atoms with E-state index in [0.29, 0.717) is 6.54 Å². The van der Waals surface area contributed by atoms with Crippen molar-refractivity contribution in [2.45, 2.75) is 24.8 Å². The summed E-state index contributed by atoms with van der Waals surface area (Å²) < 4.78 is 0. The molecule has 5 heteroatoms. The van der Waals surface area contributed by atoms with E-state index in [1.165, 1.54) is 0 Å². The molecule has 2 aromatic rings. The second-order valence-corrected chi connectivity index (χ2v) is 4.92. The van der Waals surface area contributed by atoms with E-state index in [1.807, 2.05) is 24.3 Å². The molecule has 19 heavy (non-hydrogen) atoms. The first-order valence-electron chi connectivity index (χ1n) is 6.33. The molecule has 0 aliphatic heterocycles. The fourth-order valence-electron chi connectivity index (χ4n) is 2.30. The number of rotatable bonds is 4. The van der Waals surface area contributed by atoms with Crippen LogP contribution in [0.3, 0.4) is 0 Å². The molecule has 1 aliphatic carbocycles. The summed E-state index contributed by atoms with van der Waals surface area (Å²) in [6.45, 7) is 0.433. The molecule has 1 aliphatic rings. The number of anilines is 1. The standard InChI is InChI=1S/C14H16N4O/c15-11-3-1-10(2-4-11)14(5-6-14)13(19)18-9-12-16-7-8-17-12/h1-4,7-8H,5-6,9,15H2,(H,16,17)(H,18,19). The number of aromatic nitrogens is 2. The highest BCUT2D eigenvalue weighted by molar-refractivity contribution is 5.91. The molecule has 5 nitrogen and oxygen atoms in total. The number of nitrogens with zero attached hydrogens (tertiary/aromatic N) is 1. The van der Waals surface area contributed by atoms with Crippen LogP contribution in [-0.4, -0.2) is 15.9 Å². The van der Waals surface area contributed by atoms with Crippen molar-refractivity contribution in [2.75, 3.05) is 5.73 Å². The van der Waals surface area contributed by atoms with Gasteiger partial charge in [-0.1, -0.05) is 12.1 Å². The van der Waals surface area contributed by atoms with Gasteiger partial charge in [0.25, 0.3) is 0 Å². The van der Waals surface area contributed by atoms with Crippen molar-refractivity contribution in [3.63, 3.8) is 0 Å². The minimum absolute atomic E-state index is 0.0636. The van der Waals surface area contributed by atoms with Crippen LogP contribution in [-0.2, 0) is 16.8 Å². The van der Waals surface area contributed by atoms with Gasteiger partial charge in [-0.05, 0) is 30.5 Å². The van der Waals surface area contributed by atoms with Crippen LogP contribution in [0.25, 0.3) is 0 Å². The van der Waals surface area contributed by atoms with E-state index in [-0.39, 0.29) is 11.3 Å². The maximum absolute atomic E-state index is 12.3. The Morgan fingerprint density at radius 2 is 2.11 bits per heavy atom. The smallest absolute Gasteiger partial charge is 0.231 e. The molecular formula is C14H16N4O. The quantitative estimate of drug-likeness (QED) is 0.722. The van der Waals surface area contributed by atoms with Gasteiger partial charge in [-0.15, -0.1) is 0 Å². The lowest BCUT2D eigenvalue weighted by atomic mass is 9.95. The van der Waals surface area contributed by atoms with Gasteiger partial charge < -0.3 is 16.0 Å². The zero-order valence-corrected chi connectivity index (χ0v) is 10.5. The number of H-pyrrole nitrogens is 1.